The van der Waals surface area contributed by atoms with Crippen molar-refractivity contribution in [3.63, 3.8) is 0 Å². The van der Waals surface area contributed by atoms with Crippen molar-refractivity contribution in [3.05, 3.63) is 47.7 Å². The number of pyridine rings is 1. The summed E-state index contributed by atoms with van der Waals surface area (Å²) in [4.78, 5) is 12.3. The summed E-state index contributed by atoms with van der Waals surface area (Å²) in [5, 5.41) is 4.57. The summed E-state index contributed by atoms with van der Waals surface area (Å²) < 4.78 is 0. The van der Waals surface area contributed by atoms with Crippen molar-refractivity contribution >= 4 is 40.0 Å². The van der Waals surface area contributed by atoms with Crippen molar-refractivity contribution in [1.82, 2.24) is 15.0 Å². The molecule has 0 amide bonds. The lowest BCUT2D eigenvalue weighted by Crippen LogP contribution is -2.11. The fraction of sp³-hybridized carbons (Fsp3) is 0. The minimum Gasteiger partial charge on any atom is -0.339 e. The number of nitrogens with zero attached hydrogens (tertiary/aromatic N) is 3. The zero-order valence-electron chi connectivity index (χ0n) is 10.3. The van der Waals surface area contributed by atoms with Crippen LogP contribution in [0.25, 0.3) is 10.9 Å². The summed E-state index contributed by atoms with van der Waals surface area (Å²) >= 11 is 6.05. The third-order valence-electron chi connectivity index (χ3n) is 2.74. The molecule has 3 aromatic rings. The molecule has 0 saturated carbocycles. The van der Waals surface area contributed by atoms with Gasteiger partial charge in [0.25, 0.3) is 0 Å². The van der Waals surface area contributed by atoms with E-state index in [0.717, 1.165) is 16.6 Å². The van der Waals surface area contributed by atoms with E-state index in [9.17, 15) is 0 Å². The van der Waals surface area contributed by atoms with Crippen molar-refractivity contribution in [1.29, 1.82) is 0 Å². The second-order valence-corrected chi connectivity index (χ2v) is 4.48. The van der Waals surface area contributed by atoms with Crippen LogP contribution in [0.3, 0.4) is 0 Å². The molecule has 0 aliphatic heterocycles. The quantitative estimate of drug-likeness (QED) is 0.507. The first-order valence-electron chi connectivity index (χ1n) is 5.87. The van der Waals surface area contributed by atoms with Crippen LogP contribution >= 0.6 is 11.6 Å². The standard InChI is InChI=1S/C13H11ClN6/c14-10-7-17-13(20-15)19-12(10)18-9-3-4-11-8(6-9)2-1-5-16-11/h1-7H,15H2,(H2,17,18,19,20). The molecule has 0 atom stereocenters. The Morgan fingerprint density at radius 1 is 1.15 bits per heavy atom. The van der Waals surface area contributed by atoms with Crippen LogP contribution in [0, 0.1) is 0 Å². The molecule has 2 aromatic heterocycles. The highest BCUT2D eigenvalue weighted by atomic mass is 35.5. The molecular formula is C13H11ClN6. The lowest BCUT2D eigenvalue weighted by molar-refractivity contribution is 1.12. The molecule has 0 aliphatic carbocycles. The van der Waals surface area contributed by atoms with Crippen molar-refractivity contribution in [2.45, 2.75) is 0 Å². The second kappa shape index (κ2) is 5.28. The number of nitrogen functional groups attached to an aromatic ring is 1. The summed E-state index contributed by atoms with van der Waals surface area (Å²) in [6, 6.07) is 9.68. The fourth-order valence-electron chi connectivity index (χ4n) is 1.81. The van der Waals surface area contributed by atoms with E-state index < -0.39 is 0 Å². The van der Waals surface area contributed by atoms with Crippen LogP contribution in [0.5, 0.6) is 0 Å². The van der Waals surface area contributed by atoms with E-state index in [-0.39, 0.29) is 0 Å². The van der Waals surface area contributed by atoms with Gasteiger partial charge in [-0.05, 0) is 24.3 Å². The van der Waals surface area contributed by atoms with Gasteiger partial charge in [-0.3, -0.25) is 10.4 Å². The lowest BCUT2D eigenvalue weighted by atomic mass is 10.2. The molecule has 1 aromatic carbocycles. The first-order chi connectivity index (χ1) is 9.76. The average Bonchev–Trinajstić information content (AvgIpc) is 2.49. The number of nitrogens with two attached hydrogens (primary N) is 1. The van der Waals surface area contributed by atoms with Gasteiger partial charge in [0.05, 0.1) is 11.7 Å². The third kappa shape index (κ3) is 2.47. The second-order valence-electron chi connectivity index (χ2n) is 4.07. The summed E-state index contributed by atoms with van der Waals surface area (Å²) in [6.45, 7) is 0. The van der Waals surface area contributed by atoms with Gasteiger partial charge in [0.1, 0.15) is 5.02 Å². The smallest absolute Gasteiger partial charge is 0.239 e. The largest absolute Gasteiger partial charge is 0.339 e. The molecule has 4 N–H and O–H groups in total. The normalized spacial score (nSPS) is 10.5. The van der Waals surface area contributed by atoms with Gasteiger partial charge in [-0.2, -0.15) is 4.98 Å². The van der Waals surface area contributed by atoms with Crippen LogP contribution in [0.1, 0.15) is 0 Å². The molecule has 3 rings (SSSR count). The molecule has 6 nitrogen and oxygen atoms in total. The van der Waals surface area contributed by atoms with Gasteiger partial charge in [-0.25, -0.2) is 10.8 Å². The number of hydrogen-bond donors (Lipinski definition) is 3. The Labute approximate surface area is 120 Å². The van der Waals surface area contributed by atoms with Gasteiger partial charge < -0.3 is 5.32 Å². The molecule has 0 fully saturated rings. The monoisotopic (exact) mass is 286 g/mol. The van der Waals surface area contributed by atoms with Crippen molar-refractivity contribution in [2.75, 3.05) is 10.7 Å². The summed E-state index contributed by atoms with van der Waals surface area (Å²) in [6.07, 6.45) is 3.24. The maximum Gasteiger partial charge on any atom is 0.239 e. The molecular weight excluding hydrogens is 276 g/mol. The molecule has 100 valence electrons. The number of benzene rings is 1. The van der Waals surface area contributed by atoms with Crippen molar-refractivity contribution in [2.24, 2.45) is 5.84 Å². The van der Waals surface area contributed by atoms with E-state index in [1.807, 2.05) is 30.3 Å². The van der Waals surface area contributed by atoms with Gasteiger partial charge in [0.15, 0.2) is 5.82 Å². The zero-order chi connectivity index (χ0) is 13.9. The highest BCUT2D eigenvalue weighted by molar-refractivity contribution is 6.32. The maximum atomic E-state index is 6.05. The van der Waals surface area contributed by atoms with Crippen molar-refractivity contribution < 1.29 is 0 Å². The van der Waals surface area contributed by atoms with Crippen molar-refractivity contribution in [3.8, 4) is 0 Å². The van der Waals surface area contributed by atoms with Crippen LogP contribution in [0.2, 0.25) is 5.02 Å². The Morgan fingerprint density at radius 3 is 2.90 bits per heavy atom. The molecule has 20 heavy (non-hydrogen) atoms. The number of hydrogen-bond acceptors (Lipinski definition) is 6. The predicted molar refractivity (Wildman–Crippen MR) is 79.9 cm³/mol. The van der Waals surface area contributed by atoms with Gasteiger partial charge in [0, 0.05) is 17.3 Å². The Bertz CT molecular complexity index is 761. The summed E-state index contributed by atoms with van der Waals surface area (Å²) in [5.41, 5.74) is 4.16. The highest BCUT2D eigenvalue weighted by Crippen LogP contribution is 2.25. The van der Waals surface area contributed by atoms with Gasteiger partial charge >= 0.3 is 0 Å². The number of nitrogens with one attached hydrogen (secondary N) is 2. The van der Waals surface area contributed by atoms with E-state index in [2.05, 4.69) is 25.7 Å². The van der Waals surface area contributed by atoms with Crippen LogP contribution in [-0.2, 0) is 0 Å². The third-order valence-corrected chi connectivity index (χ3v) is 3.02. The summed E-state index contributed by atoms with van der Waals surface area (Å²) in [5.74, 6) is 6.06. The minimum absolute atomic E-state index is 0.291. The molecule has 0 radical (unpaired) electrons. The van der Waals surface area contributed by atoms with Crippen LogP contribution < -0.4 is 16.6 Å². The van der Waals surface area contributed by atoms with E-state index in [4.69, 9.17) is 17.4 Å². The molecule has 0 bridgehead atoms. The van der Waals surface area contributed by atoms with Crippen LogP contribution in [-0.4, -0.2) is 15.0 Å². The molecule has 0 aliphatic rings. The Hall–Kier alpha value is -2.44. The number of halogens is 1. The average molecular weight is 287 g/mol. The molecule has 0 spiro atoms. The van der Waals surface area contributed by atoms with Gasteiger partial charge in [-0.1, -0.05) is 17.7 Å². The van der Waals surface area contributed by atoms with E-state index in [1.165, 1.54) is 6.20 Å². The minimum atomic E-state index is 0.291. The van der Waals surface area contributed by atoms with Gasteiger partial charge in [-0.15, -0.1) is 0 Å². The first kappa shape index (κ1) is 12.6. The number of fused-ring (bicyclic) bond motifs is 1. The molecule has 0 saturated heterocycles. The van der Waals surface area contributed by atoms with E-state index in [1.54, 1.807) is 6.20 Å². The predicted octanol–water partition coefficient (Wildman–Crippen LogP) is 2.71. The lowest BCUT2D eigenvalue weighted by Gasteiger charge is -2.09. The molecule has 0 unspecified atom stereocenters. The maximum absolute atomic E-state index is 6.05. The van der Waals surface area contributed by atoms with Gasteiger partial charge in [0.2, 0.25) is 5.95 Å². The van der Waals surface area contributed by atoms with E-state index >= 15 is 0 Å². The Morgan fingerprint density at radius 2 is 2.05 bits per heavy atom. The summed E-state index contributed by atoms with van der Waals surface area (Å²) in [7, 11) is 0. The molecule has 7 heteroatoms. The number of hydrazine groups is 1. The Kier molecular flexibility index (Phi) is 3.32. The number of anilines is 3. The highest BCUT2D eigenvalue weighted by Gasteiger charge is 2.05. The number of aromatic nitrogens is 3. The number of rotatable bonds is 3. The van der Waals surface area contributed by atoms with Crippen LogP contribution in [0.4, 0.5) is 17.5 Å². The fourth-order valence-corrected chi connectivity index (χ4v) is 1.95. The zero-order valence-corrected chi connectivity index (χ0v) is 11.1. The molecule has 2 heterocycles. The van der Waals surface area contributed by atoms with E-state index in [0.29, 0.717) is 16.8 Å². The SMILES string of the molecule is NNc1ncc(Cl)c(Nc2ccc3ncccc3c2)n1. The first-order valence-corrected chi connectivity index (χ1v) is 6.25. The topological polar surface area (TPSA) is 88.8 Å². The Balaban J connectivity index is 1.96. The van der Waals surface area contributed by atoms with Crippen LogP contribution in [0.15, 0.2) is 42.7 Å².